The van der Waals surface area contributed by atoms with Gasteiger partial charge in [-0.15, -0.1) is 0 Å². The second kappa shape index (κ2) is 9.35. The average Bonchev–Trinajstić information content (AvgIpc) is 2.97. The topological polar surface area (TPSA) is 0 Å². The molecular formula is C36H20F6. The molecule has 0 saturated heterocycles. The second-order valence-electron chi connectivity index (χ2n) is 10.4. The van der Waals surface area contributed by atoms with E-state index in [1.807, 2.05) is 60.7 Å². The van der Waals surface area contributed by atoms with Crippen LogP contribution < -0.4 is 0 Å². The number of halogens is 6. The summed E-state index contributed by atoms with van der Waals surface area (Å²) in [4.78, 5) is 0. The number of hydrogen-bond donors (Lipinski definition) is 0. The van der Waals surface area contributed by atoms with Crippen LogP contribution in [0.4, 0.5) is 26.3 Å². The Morgan fingerprint density at radius 3 is 1.05 bits per heavy atom. The van der Waals surface area contributed by atoms with Crippen LogP contribution in [0.1, 0.15) is 11.1 Å². The maximum absolute atomic E-state index is 13.4. The summed E-state index contributed by atoms with van der Waals surface area (Å²) < 4.78 is 80.4. The van der Waals surface area contributed by atoms with Crippen molar-refractivity contribution in [1.82, 2.24) is 0 Å². The maximum Gasteiger partial charge on any atom is 0.416 e. The molecule has 0 aliphatic carbocycles. The summed E-state index contributed by atoms with van der Waals surface area (Å²) in [6, 6.07) is 33.9. The van der Waals surface area contributed by atoms with Crippen molar-refractivity contribution in [2.45, 2.75) is 12.4 Å². The number of rotatable bonds is 2. The zero-order valence-corrected chi connectivity index (χ0v) is 21.8. The molecule has 0 amide bonds. The lowest BCUT2D eigenvalue weighted by molar-refractivity contribution is -0.138. The molecule has 0 radical (unpaired) electrons. The van der Waals surface area contributed by atoms with Gasteiger partial charge < -0.3 is 0 Å². The molecule has 0 saturated carbocycles. The maximum atomic E-state index is 13.4. The van der Waals surface area contributed by atoms with E-state index in [-0.39, 0.29) is 0 Å². The first-order chi connectivity index (χ1) is 20.1. The molecule has 0 heterocycles. The number of alkyl halides is 6. The molecule has 0 atom stereocenters. The Hall–Kier alpha value is -4.84. The molecule has 7 aromatic carbocycles. The van der Waals surface area contributed by atoms with E-state index in [0.29, 0.717) is 11.1 Å². The standard InChI is InChI=1S/C36H20F6/c37-35(38,39)27-13-9-21(10-14-27)33-29-7-3-4-8-30(29)34(22-11-15-28(16-12-22)36(40,41)42)32-20-26-18-24-6-2-1-5-23(24)17-25(26)19-31(32)33/h1-20H. The molecule has 6 heteroatoms. The molecule has 0 nitrogen and oxygen atoms in total. The summed E-state index contributed by atoms with van der Waals surface area (Å²) in [5.41, 5.74) is 1.28. The number of fused-ring (bicyclic) bond motifs is 4. The minimum Gasteiger partial charge on any atom is -0.166 e. The van der Waals surface area contributed by atoms with Crippen molar-refractivity contribution in [2.24, 2.45) is 0 Å². The lowest BCUT2D eigenvalue weighted by Gasteiger charge is -2.19. The summed E-state index contributed by atoms with van der Waals surface area (Å²) in [5, 5.41) is 7.16. The van der Waals surface area contributed by atoms with E-state index in [1.165, 1.54) is 24.3 Å². The second-order valence-corrected chi connectivity index (χ2v) is 10.4. The van der Waals surface area contributed by atoms with Gasteiger partial charge in [0.05, 0.1) is 11.1 Å². The van der Waals surface area contributed by atoms with E-state index in [9.17, 15) is 26.3 Å². The molecule has 7 rings (SSSR count). The van der Waals surface area contributed by atoms with Crippen LogP contribution >= 0.6 is 0 Å². The van der Waals surface area contributed by atoms with Crippen LogP contribution in [-0.2, 0) is 12.4 Å². The molecule has 0 fully saturated rings. The van der Waals surface area contributed by atoms with Crippen molar-refractivity contribution in [3.63, 3.8) is 0 Å². The van der Waals surface area contributed by atoms with Crippen molar-refractivity contribution in [3.05, 3.63) is 132 Å². The van der Waals surface area contributed by atoms with Crippen molar-refractivity contribution in [3.8, 4) is 22.3 Å². The van der Waals surface area contributed by atoms with E-state index in [2.05, 4.69) is 12.1 Å². The van der Waals surface area contributed by atoms with Crippen molar-refractivity contribution in [1.29, 1.82) is 0 Å². The van der Waals surface area contributed by atoms with Gasteiger partial charge in [-0.05, 0) is 114 Å². The van der Waals surface area contributed by atoms with Gasteiger partial charge in [-0.25, -0.2) is 0 Å². The fraction of sp³-hybridized carbons (Fsp3) is 0.0556. The summed E-state index contributed by atoms with van der Waals surface area (Å²) >= 11 is 0. The first-order valence-electron chi connectivity index (χ1n) is 13.2. The minimum absolute atomic E-state index is 0.614. The third kappa shape index (κ3) is 4.35. The zero-order chi connectivity index (χ0) is 29.2. The summed E-state index contributed by atoms with van der Waals surface area (Å²) in [5.74, 6) is 0. The highest BCUT2D eigenvalue weighted by atomic mass is 19.4. The van der Waals surface area contributed by atoms with Gasteiger partial charge in [0.25, 0.3) is 0 Å². The molecule has 206 valence electrons. The summed E-state index contributed by atoms with van der Waals surface area (Å²) in [7, 11) is 0. The van der Waals surface area contributed by atoms with Gasteiger partial charge in [-0.1, -0.05) is 72.8 Å². The van der Waals surface area contributed by atoms with Crippen LogP contribution in [0.15, 0.2) is 121 Å². The largest absolute Gasteiger partial charge is 0.416 e. The van der Waals surface area contributed by atoms with Gasteiger partial charge in [-0.3, -0.25) is 0 Å². The Kier molecular flexibility index (Phi) is 5.80. The Balaban J connectivity index is 1.61. The van der Waals surface area contributed by atoms with Crippen LogP contribution in [-0.4, -0.2) is 0 Å². The quantitative estimate of drug-likeness (QED) is 0.144. The van der Waals surface area contributed by atoms with Crippen LogP contribution in [0.5, 0.6) is 0 Å². The van der Waals surface area contributed by atoms with Crippen molar-refractivity contribution >= 4 is 43.1 Å². The van der Waals surface area contributed by atoms with E-state index >= 15 is 0 Å². The molecule has 0 unspecified atom stereocenters. The predicted octanol–water partition coefficient (Wildman–Crippen LogP) is 11.7. The Morgan fingerprint density at radius 2 is 0.690 bits per heavy atom. The SMILES string of the molecule is FC(F)(F)c1ccc(-c2c3ccccc3c(-c3ccc(C(F)(F)F)cc3)c3cc4cc5ccccc5cc4cc23)cc1. The number of hydrogen-bond acceptors (Lipinski definition) is 0. The normalized spacial score (nSPS) is 12.5. The number of benzene rings is 7. The van der Waals surface area contributed by atoms with Crippen LogP contribution in [0.2, 0.25) is 0 Å². The van der Waals surface area contributed by atoms with Gasteiger partial charge in [-0.2, -0.15) is 26.3 Å². The monoisotopic (exact) mass is 566 g/mol. The molecule has 0 N–H and O–H groups in total. The predicted molar refractivity (Wildman–Crippen MR) is 157 cm³/mol. The molecule has 0 spiro atoms. The Morgan fingerprint density at radius 1 is 0.333 bits per heavy atom. The minimum atomic E-state index is -4.47. The van der Waals surface area contributed by atoms with Gasteiger partial charge in [0, 0.05) is 0 Å². The summed E-state index contributed by atoms with van der Waals surface area (Å²) in [6.07, 6.45) is -8.93. The van der Waals surface area contributed by atoms with Crippen LogP contribution in [0.25, 0.3) is 65.3 Å². The smallest absolute Gasteiger partial charge is 0.166 e. The van der Waals surface area contributed by atoms with Crippen molar-refractivity contribution < 1.29 is 26.3 Å². The lowest BCUT2D eigenvalue weighted by Crippen LogP contribution is -2.04. The first-order valence-corrected chi connectivity index (χ1v) is 13.2. The van der Waals surface area contributed by atoms with E-state index in [0.717, 1.165) is 78.5 Å². The highest BCUT2D eigenvalue weighted by Gasteiger charge is 2.31. The van der Waals surface area contributed by atoms with Gasteiger partial charge >= 0.3 is 12.4 Å². The van der Waals surface area contributed by atoms with Gasteiger partial charge in [0.2, 0.25) is 0 Å². The van der Waals surface area contributed by atoms with Crippen LogP contribution in [0.3, 0.4) is 0 Å². The van der Waals surface area contributed by atoms with E-state index < -0.39 is 23.5 Å². The fourth-order valence-corrected chi connectivity index (χ4v) is 5.89. The average molecular weight is 567 g/mol. The zero-order valence-electron chi connectivity index (χ0n) is 21.8. The van der Waals surface area contributed by atoms with Crippen molar-refractivity contribution in [2.75, 3.05) is 0 Å². The third-order valence-corrected chi connectivity index (χ3v) is 7.85. The molecule has 42 heavy (non-hydrogen) atoms. The molecule has 0 aliphatic rings. The molecule has 0 aromatic heterocycles. The van der Waals surface area contributed by atoms with E-state index in [1.54, 1.807) is 0 Å². The van der Waals surface area contributed by atoms with Gasteiger partial charge in [0.15, 0.2) is 0 Å². The molecular weight excluding hydrogens is 546 g/mol. The fourth-order valence-electron chi connectivity index (χ4n) is 5.89. The first kappa shape index (κ1) is 26.1. The van der Waals surface area contributed by atoms with E-state index in [4.69, 9.17) is 0 Å². The Labute approximate surface area is 236 Å². The molecule has 7 aromatic rings. The highest BCUT2D eigenvalue weighted by Crippen LogP contribution is 2.46. The highest BCUT2D eigenvalue weighted by molar-refractivity contribution is 6.24. The molecule has 0 aliphatic heterocycles. The van der Waals surface area contributed by atoms with Crippen LogP contribution in [0, 0.1) is 0 Å². The van der Waals surface area contributed by atoms with Gasteiger partial charge in [0.1, 0.15) is 0 Å². The molecule has 0 bridgehead atoms. The lowest BCUT2D eigenvalue weighted by atomic mass is 9.84. The summed E-state index contributed by atoms with van der Waals surface area (Å²) in [6.45, 7) is 0. The third-order valence-electron chi connectivity index (χ3n) is 7.85. The Bertz CT molecular complexity index is 1980.